The van der Waals surface area contributed by atoms with Gasteiger partial charge in [-0.15, -0.1) is 0 Å². The van der Waals surface area contributed by atoms with Gasteiger partial charge in [0, 0.05) is 25.7 Å². The van der Waals surface area contributed by atoms with Crippen LogP contribution in [0.2, 0.25) is 0 Å². The second-order valence-electron chi connectivity index (χ2n) is 6.08. The van der Waals surface area contributed by atoms with E-state index in [0.29, 0.717) is 23.2 Å². The Morgan fingerprint density at radius 1 is 1.38 bits per heavy atom. The van der Waals surface area contributed by atoms with Crippen LogP contribution in [-0.4, -0.2) is 48.2 Å². The first-order valence-corrected chi connectivity index (χ1v) is 8.94. The number of rotatable bonds is 7. The molecule has 6 nitrogen and oxygen atoms in total. The van der Waals surface area contributed by atoms with E-state index in [9.17, 15) is 8.42 Å². The van der Waals surface area contributed by atoms with Gasteiger partial charge in [-0.05, 0) is 26.7 Å². The van der Waals surface area contributed by atoms with Crippen LogP contribution in [0.15, 0.2) is 4.90 Å². The maximum absolute atomic E-state index is 12.7. The molecule has 1 aliphatic rings. The Hall–Kier alpha value is -0.920. The molecule has 0 radical (unpaired) electrons. The molecule has 0 aliphatic heterocycles. The fourth-order valence-electron chi connectivity index (χ4n) is 2.51. The monoisotopic (exact) mass is 314 g/mol. The molecular formula is C14H26N4O2S. The quantitative estimate of drug-likeness (QED) is 0.823. The van der Waals surface area contributed by atoms with Crippen LogP contribution in [0.5, 0.6) is 0 Å². The van der Waals surface area contributed by atoms with Crippen molar-refractivity contribution in [1.29, 1.82) is 0 Å². The lowest BCUT2D eigenvalue weighted by molar-refractivity contribution is 0.462. The molecule has 0 unspecified atom stereocenters. The first-order chi connectivity index (χ1) is 9.75. The topological polar surface area (TPSA) is 67.2 Å². The summed E-state index contributed by atoms with van der Waals surface area (Å²) in [6, 6.07) is 0.575. The van der Waals surface area contributed by atoms with E-state index in [4.69, 9.17) is 0 Å². The zero-order chi connectivity index (χ0) is 15.8. The van der Waals surface area contributed by atoms with Crippen molar-refractivity contribution < 1.29 is 8.42 Å². The highest BCUT2D eigenvalue weighted by Crippen LogP contribution is 2.32. The van der Waals surface area contributed by atoms with Gasteiger partial charge in [-0.2, -0.15) is 9.40 Å². The van der Waals surface area contributed by atoms with Crippen LogP contribution in [0.4, 0.5) is 0 Å². The first kappa shape index (κ1) is 16.5. The van der Waals surface area contributed by atoms with Crippen molar-refractivity contribution >= 4 is 10.0 Å². The molecule has 0 spiro atoms. The molecule has 0 saturated heterocycles. The van der Waals surface area contributed by atoms with Gasteiger partial charge in [0.25, 0.3) is 0 Å². The van der Waals surface area contributed by atoms with E-state index in [0.717, 1.165) is 25.1 Å². The Bertz CT molecular complexity index is 603. The predicted molar refractivity (Wildman–Crippen MR) is 82.8 cm³/mol. The lowest BCUT2D eigenvalue weighted by Gasteiger charge is -2.16. The molecule has 0 bridgehead atoms. The van der Waals surface area contributed by atoms with Crippen molar-refractivity contribution in [3.63, 3.8) is 0 Å². The number of sulfonamides is 1. The Morgan fingerprint density at radius 2 is 2.00 bits per heavy atom. The fraction of sp³-hybridized carbons (Fsp3) is 0.786. The van der Waals surface area contributed by atoms with E-state index in [1.165, 1.54) is 4.31 Å². The molecule has 2 rings (SSSR count). The van der Waals surface area contributed by atoms with Crippen molar-refractivity contribution in [3.05, 3.63) is 11.4 Å². The zero-order valence-electron chi connectivity index (χ0n) is 13.5. The minimum absolute atomic E-state index is 0.166. The van der Waals surface area contributed by atoms with Crippen LogP contribution >= 0.6 is 0 Å². The van der Waals surface area contributed by atoms with Gasteiger partial charge >= 0.3 is 0 Å². The minimum atomic E-state index is -3.43. The molecule has 21 heavy (non-hydrogen) atoms. The van der Waals surface area contributed by atoms with Crippen LogP contribution < -0.4 is 5.32 Å². The third kappa shape index (κ3) is 3.46. The summed E-state index contributed by atoms with van der Waals surface area (Å²) in [5.74, 6) is 0. The molecule has 1 aromatic rings. The lowest BCUT2D eigenvalue weighted by atomic mass is 10.4. The van der Waals surface area contributed by atoms with Gasteiger partial charge < -0.3 is 5.32 Å². The average Bonchev–Trinajstić information content (AvgIpc) is 3.16. The SMILES string of the molecule is Cc1nn(CCNC(C)C)c(C)c1S(=O)(=O)N(C)C1CC1. The third-order valence-electron chi connectivity index (χ3n) is 3.89. The molecule has 1 heterocycles. The van der Waals surface area contributed by atoms with E-state index >= 15 is 0 Å². The van der Waals surface area contributed by atoms with Crippen LogP contribution in [0, 0.1) is 13.8 Å². The lowest BCUT2D eigenvalue weighted by Crippen LogP contribution is -2.30. The van der Waals surface area contributed by atoms with Gasteiger partial charge in [0.2, 0.25) is 10.0 Å². The molecule has 0 atom stereocenters. The molecule has 0 amide bonds. The van der Waals surface area contributed by atoms with E-state index in [1.54, 1.807) is 18.7 Å². The maximum Gasteiger partial charge on any atom is 0.246 e. The van der Waals surface area contributed by atoms with Gasteiger partial charge in [-0.25, -0.2) is 8.42 Å². The third-order valence-corrected chi connectivity index (χ3v) is 6.05. The molecule has 1 fully saturated rings. The number of hydrogen-bond acceptors (Lipinski definition) is 4. The summed E-state index contributed by atoms with van der Waals surface area (Å²) in [6.07, 6.45) is 1.92. The smallest absolute Gasteiger partial charge is 0.246 e. The average molecular weight is 314 g/mol. The molecule has 1 N–H and O–H groups in total. The zero-order valence-corrected chi connectivity index (χ0v) is 14.4. The normalized spacial score (nSPS) is 16.1. The summed E-state index contributed by atoms with van der Waals surface area (Å²) < 4.78 is 28.7. The summed E-state index contributed by atoms with van der Waals surface area (Å²) in [7, 11) is -1.76. The Balaban J connectivity index is 2.22. The maximum atomic E-state index is 12.7. The van der Waals surface area contributed by atoms with E-state index in [-0.39, 0.29) is 6.04 Å². The molecule has 120 valence electrons. The van der Waals surface area contributed by atoms with Crippen LogP contribution in [-0.2, 0) is 16.6 Å². The summed E-state index contributed by atoms with van der Waals surface area (Å²) in [4.78, 5) is 0.376. The van der Waals surface area contributed by atoms with Gasteiger partial charge in [-0.1, -0.05) is 13.8 Å². The Kier molecular flexibility index (Phi) is 4.75. The van der Waals surface area contributed by atoms with Gasteiger partial charge in [-0.3, -0.25) is 4.68 Å². The number of hydrogen-bond donors (Lipinski definition) is 1. The molecule has 1 saturated carbocycles. The first-order valence-electron chi connectivity index (χ1n) is 7.50. The Morgan fingerprint density at radius 3 is 2.52 bits per heavy atom. The van der Waals surface area contributed by atoms with E-state index in [1.807, 2.05) is 6.92 Å². The highest BCUT2D eigenvalue weighted by molar-refractivity contribution is 7.89. The summed E-state index contributed by atoms with van der Waals surface area (Å²) in [5, 5.41) is 7.73. The number of aromatic nitrogens is 2. The number of nitrogens with one attached hydrogen (secondary N) is 1. The van der Waals surface area contributed by atoms with E-state index in [2.05, 4.69) is 24.3 Å². The van der Waals surface area contributed by atoms with Crippen molar-refractivity contribution in [3.8, 4) is 0 Å². The van der Waals surface area contributed by atoms with Crippen LogP contribution in [0.25, 0.3) is 0 Å². The van der Waals surface area contributed by atoms with Crippen molar-refractivity contribution in [1.82, 2.24) is 19.4 Å². The predicted octanol–water partition coefficient (Wildman–Crippen LogP) is 1.28. The molecule has 7 heteroatoms. The summed E-state index contributed by atoms with van der Waals surface area (Å²) >= 11 is 0. The number of nitrogens with zero attached hydrogens (tertiary/aromatic N) is 3. The highest BCUT2D eigenvalue weighted by atomic mass is 32.2. The molecular weight excluding hydrogens is 288 g/mol. The molecule has 1 aromatic heterocycles. The van der Waals surface area contributed by atoms with Crippen LogP contribution in [0.3, 0.4) is 0 Å². The second-order valence-corrected chi connectivity index (χ2v) is 8.02. The summed E-state index contributed by atoms with van der Waals surface area (Å²) in [5.41, 5.74) is 1.31. The number of aryl methyl sites for hydroxylation is 1. The van der Waals surface area contributed by atoms with Crippen molar-refractivity contribution in [2.75, 3.05) is 13.6 Å². The van der Waals surface area contributed by atoms with Crippen molar-refractivity contribution in [2.24, 2.45) is 0 Å². The van der Waals surface area contributed by atoms with Gasteiger partial charge in [0.15, 0.2) is 0 Å². The second kappa shape index (κ2) is 6.06. The van der Waals surface area contributed by atoms with E-state index < -0.39 is 10.0 Å². The summed E-state index contributed by atoms with van der Waals surface area (Å²) in [6.45, 7) is 9.23. The van der Waals surface area contributed by atoms with Crippen LogP contribution in [0.1, 0.15) is 38.1 Å². The van der Waals surface area contributed by atoms with Gasteiger partial charge in [0.1, 0.15) is 4.90 Å². The van der Waals surface area contributed by atoms with Crippen molar-refractivity contribution in [2.45, 2.75) is 64.1 Å². The Labute approximate surface area is 127 Å². The molecule has 0 aromatic carbocycles. The minimum Gasteiger partial charge on any atom is -0.313 e. The fourth-order valence-corrected chi connectivity index (χ4v) is 4.29. The highest BCUT2D eigenvalue weighted by Gasteiger charge is 2.37. The molecule has 1 aliphatic carbocycles. The van der Waals surface area contributed by atoms with Gasteiger partial charge in [0.05, 0.1) is 17.9 Å². The standard InChI is InChI=1S/C14H26N4O2S/c1-10(2)15-8-9-18-12(4)14(11(3)16-18)21(19,20)17(5)13-6-7-13/h10,13,15H,6-9H2,1-5H3. The largest absolute Gasteiger partial charge is 0.313 e.